The molecule has 1 unspecified atom stereocenters. The van der Waals surface area contributed by atoms with E-state index in [1.165, 1.54) is 6.07 Å². The third-order valence-electron chi connectivity index (χ3n) is 7.53. The van der Waals surface area contributed by atoms with E-state index in [1.807, 2.05) is 46.2 Å². The molecule has 182 valence electrons. The third-order valence-corrected chi connectivity index (χ3v) is 7.53. The monoisotopic (exact) mass is 473 g/mol. The summed E-state index contributed by atoms with van der Waals surface area (Å²) in [6, 6.07) is 18.2. The van der Waals surface area contributed by atoms with Gasteiger partial charge in [0.1, 0.15) is 11.5 Å². The van der Waals surface area contributed by atoms with E-state index in [4.69, 9.17) is 0 Å². The number of likely N-dealkylation sites (tertiary alicyclic amines) is 2. The highest BCUT2D eigenvalue weighted by Gasteiger charge is 2.52. The Bertz CT molecular complexity index is 1250. The predicted molar refractivity (Wildman–Crippen MR) is 134 cm³/mol. The van der Waals surface area contributed by atoms with Crippen molar-refractivity contribution in [1.82, 2.24) is 14.8 Å². The number of hydrogen-bond donors (Lipinski definition) is 0. The molecule has 2 saturated heterocycles. The lowest BCUT2D eigenvalue weighted by Gasteiger charge is -2.38. The topological polar surface area (TPSA) is 53.5 Å². The molecule has 2 aliphatic heterocycles. The zero-order chi connectivity index (χ0) is 24.6. The summed E-state index contributed by atoms with van der Waals surface area (Å²) < 4.78 is 13.8. The van der Waals surface area contributed by atoms with Crippen molar-refractivity contribution in [3.63, 3.8) is 0 Å². The van der Waals surface area contributed by atoms with Gasteiger partial charge in [0.25, 0.3) is 5.91 Å². The van der Waals surface area contributed by atoms with Crippen LogP contribution in [-0.4, -0.2) is 52.3 Å². The van der Waals surface area contributed by atoms with Gasteiger partial charge in [-0.1, -0.05) is 50.2 Å². The smallest absolute Gasteiger partial charge is 0.272 e. The van der Waals surface area contributed by atoms with Crippen molar-refractivity contribution >= 4 is 22.7 Å². The average Bonchev–Trinajstić information content (AvgIpc) is 3.08. The number of benzene rings is 2. The molecular formula is C29H32FN3O2. The minimum atomic E-state index is -0.444. The lowest BCUT2D eigenvalue weighted by atomic mass is 9.75. The number of para-hydroxylation sites is 1. The van der Waals surface area contributed by atoms with Crippen molar-refractivity contribution in [1.29, 1.82) is 0 Å². The number of nitrogens with zero attached hydrogens (tertiary/aromatic N) is 3. The molecule has 0 bridgehead atoms. The summed E-state index contributed by atoms with van der Waals surface area (Å²) in [7, 11) is 0. The molecule has 0 radical (unpaired) electrons. The summed E-state index contributed by atoms with van der Waals surface area (Å²) in [6.07, 6.45) is 2.71. The number of carbonyl (C=O) groups is 2. The molecule has 0 aliphatic carbocycles. The Labute approximate surface area is 205 Å². The predicted octanol–water partition coefficient (Wildman–Crippen LogP) is 5.10. The van der Waals surface area contributed by atoms with Crippen molar-refractivity contribution in [2.45, 2.75) is 45.6 Å². The van der Waals surface area contributed by atoms with Crippen molar-refractivity contribution in [3.8, 4) is 0 Å². The molecule has 2 fully saturated rings. The maximum atomic E-state index is 13.8. The summed E-state index contributed by atoms with van der Waals surface area (Å²) in [5.41, 5.74) is 1.73. The summed E-state index contributed by atoms with van der Waals surface area (Å²) in [5.74, 6) is 0.228. The first-order chi connectivity index (χ1) is 16.8. The summed E-state index contributed by atoms with van der Waals surface area (Å²) in [5, 5.41) is 1.01. The molecule has 5 nitrogen and oxygen atoms in total. The SMILES string of the molecule is CC(C)CN1C(=O)C2(CCN(C(=O)c3ccc4ccccc4n3)CC2)CC1Cc1cccc(F)c1. The van der Waals surface area contributed by atoms with Gasteiger partial charge in [0, 0.05) is 31.1 Å². The van der Waals surface area contributed by atoms with Gasteiger partial charge in [0.2, 0.25) is 5.91 Å². The molecule has 0 saturated carbocycles. The Kier molecular flexibility index (Phi) is 6.30. The van der Waals surface area contributed by atoms with Crippen LogP contribution in [0.25, 0.3) is 10.9 Å². The van der Waals surface area contributed by atoms with Crippen LogP contribution in [0.3, 0.4) is 0 Å². The van der Waals surface area contributed by atoms with E-state index in [-0.39, 0.29) is 23.7 Å². The number of fused-ring (bicyclic) bond motifs is 1. The minimum Gasteiger partial charge on any atom is -0.339 e. The highest BCUT2D eigenvalue weighted by Crippen LogP contribution is 2.45. The minimum absolute atomic E-state index is 0.0519. The molecule has 1 aromatic heterocycles. The van der Waals surface area contributed by atoms with Gasteiger partial charge in [-0.2, -0.15) is 0 Å². The lowest BCUT2D eigenvalue weighted by Crippen LogP contribution is -2.47. The van der Waals surface area contributed by atoms with Gasteiger partial charge in [-0.25, -0.2) is 9.37 Å². The Morgan fingerprint density at radius 3 is 2.60 bits per heavy atom. The van der Waals surface area contributed by atoms with Crippen LogP contribution in [-0.2, 0) is 11.2 Å². The molecule has 3 aromatic rings. The first-order valence-corrected chi connectivity index (χ1v) is 12.6. The van der Waals surface area contributed by atoms with E-state index < -0.39 is 5.41 Å². The van der Waals surface area contributed by atoms with Gasteiger partial charge < -0.3 is 9.80 Å². The maximum absolute atomic E-state index is 13.8. The number of amides is 2. The second-order valence-corrected chi connectivity index (χ2v) is 10.5. The molecule has 1 spiro atoms. The molecule has 1 atom stereocenters. The second-order valence-electron chi connectivity index (χ2n) is 10.5. The number of aromatic nitrogens is 1. The summed E-state index contributed by atoms with van der Waals surface area (Å²) in [6.45, 7) is 6.03. The van der Waals surface area contributed by atoms with Crippen LogP contribution in [0, 0.1) is 17.2 Å². The molecule has 0 N–H and O–H groups in total. The van der Waals surface area contributed by atoms with Gasteiger partial charge in [-0.05, 0) is 61.4 Å². The molecule has 2 amide bonds. The van der Waals surface area contributed by atoms with Crippen LogP contribution in [0.1, 0.15) is 49.2 Å². The molecule has 2 aromatic carbocycles. The Balaban J connectivity index is 1.31. The van der Waals surface area contributed by atoms with Crippen LogP contribution < -0.4 is 0 Å². The fourth-order valence-electron chi connectivity index (χ4n) is 5.77. The van der Waals surface area contributed by atoms with Crippen LogP contribution in [0.2, 0.25) is 0 Å². The fraction of sp³-hybridized carbons (Fsp3) is 0.414. The Morgan fingerprint density at radius 1 is 1.09 bits per heavy atom. The average molecular weight is 474 g/mol. The molecule has 2 aliphatic rings. The number of rotatable bonds is 5. The number of hydrogen-bond acceptors (Lipinski definition) is 3. The zero-order valence-electron chi connectivity index (χ0n) is 20.4. The van der Waals surface area contributed by atoms with E-state index in [9.17, 15) is 14.0 Å². The highest BCUT2D eigenvalue weighted by atomic mass is 19.1. The van der Waals surface area contributed by atoms with Crippen molar-refractivity contribution in [3.05, 3.63) is 77.7 Å². The van der Waals surface area contributed by atoms with Crippen LogP contribution >= 0.6 is 0 Å². The number of piperidine rings is 1. The van der Waals surface area contributed by atoms with Crippen molar-refractivity contribution < 1.29 is 14.0 Å². The normalized spacial score (nSPS) is 19.8. The lowest BCUT2D eigenvalue weighted by molar-refractivity contribution is -0.139. The van der Waals surface area contributed by atoms with E-state index in [1.54, 1.807) is 18.2 Å². The number of pyridine rings is 1. The maximum Gasteiger partial charge on any atom is 0.272 e. The molecular weight excluding hydrogens is 441 g/mol. The third kappa shape index (κ3) is 4.66. The van der Waals surface area contributed by atoms with Gasteiger partial charge >= 0.3 is 0 Å². The van der Waals surface area contributed by atoms with E-state index in [2.05, 4.69) is 18.8 Å². The number of halogens is 1. The quantitative estimate of drug-likeness (QED) is 0.518. The molecule has 5 rings (SSSR count). The van der Waals surface area contributed by atoms with Crippen LogP contribution in [0.5, 0.6) is 0 Å². The van der Waals surface area contributed by atoms with Crippen molar-refractivity contribution in [2.24, 2.45) is 11.3 Å². The summed E-state index contributed by atoms with van der Waals surface area (Å²) >= 11 is 0. The van der Waals surface area contributed by atoms with Crippen LogP contribution in [0.15, 0.2) is 60.7 Å². The fourth-order valence-corrected chi connectivity index (χ4v) is 5.77. The van der Waals surface area contributed by atoms with Gasteiger partial charge in [-0.3, -0.25) is 9.59 Å². The first-order valence-electron chi connectivity index (χ1n) is 12.6. The van der Waals surface area contributed by atoms with Gasteiger partial charge in [0.15, 0.2) is 0 Å². The Morgan fingerprint density at radius 2 is 1.86 bits per heavy atom. The highest BCUT2D eigenvalue weighted by molar-refractivity contribution is 5.95. The molecule has 3 heterocycles. The largest absolute Gasteiger partial charge is 0.339 e. The molecule has 6 heteroatoms. The Hall–Kier alpha value is -3.28. The first kappa shape index (κ1) is 23.5. The van der Waals surface area contributed by atoms with E-state index >= 15 is 0 Å². The van der Waals surface area contributed by atoms with Gasteiger partial charge in [0.05, 0.1) is 10.9 Å². The standard InChI is InChI=1S/C29H32FN3O2/c1-20(2)19-33-24(17-21-6-5-8-23(30)16-21)18-29(28(33)35)12-14-32(15-13-29)27(34)26-11-10-22-7-3-4-9-25(22)31-26/h3-11,16,20,24H,12-15,17-19H2,1-2H3. The number of carbonyl (C=O) groups excluding carboxylic acids is 2. The summed E-state index contributed by atoms with van der Waals surface area (Å²) in [4.78, 5) is 35.4. The van der Waals surface area contributed by atoms with Crippen LogP contribution in [0.4, 0.5) is 4.39 Å². The zero-order valence-corrected chi connectivity index (χ0v) is 20.4. The molecule has 35 heavy (non-hydrogen) atoms. The van der Waals surface area contributed by atoms with Crippen molar-refractivity contribution in [2.75, 3.05) is 19.6 Å². The van der Waals surface area contributed by atoms with E-state index in [0.29, 0.717) is 50.5 Å². The second kappa shape index (κ2) is 9.40. The van der Waals surface area contributed by atoms with E-state index in [0.717, 1.165) is 22.9 Å². The van der Waals surface area contributed by atoms with Gasteiger partial charge in [-0.15, -0.1) is 0 Å².